The summed E-state index contributed by atoms with van der Waals surface area (Å²) in [6.07, 6.45) is 1.99. The van der Waals surface area contributed by atoms with Gasteiger partial charge < -0.3 is 13.9 Å². The highest BCUT2D eigenvalue weighted by Crippen LogP contribution is 2.24. The van der Waals surface area contributed by atoms with Gasteiger partial charge in [0.25, 0.3) is 5.91 Å². The van der Waals surface area contributed by atoms with Crippen LogP contribution in [-0.2, 0) is 4.79 Å². The maximum Gasteiger partial charge on any atom is 0.322 e. The van der Waals surface area contributed by atoms with Crippen LogP contribution in [0.5, 0.6) is 11.5 Å². The first-order valence-corrected chi connectivity index (χ1v) is 8.95. The second kappa shape index (κ2) is 8.39. The second-order valence-electron chi connectivity index (χ2n) is 5.16. The third-order valence-electron chi connectivity index (χ3n) is 3.42. The number of aromatic nitrogens is 2. The lowest BCUT2D eigenvalue weighted by Gasteiger charge is -2.06. The highest BCUT2D eigenvalue weighted by Gasteiger charge is 2.12. The zero-order valence-electron chi connectivity index (χ0n) is 14.3. The largest absolute Gasteiger partial charge is 0.497 e. The number of benzene rings is 2. The number of thioether (sulfide) groups is 1. The Hall–Kier alpha value is -3.00. The first-order chi connectivity index (χ1) is 12.7. The van der Waals surface area contributed by atoms with E-state index in [0.29, 0.717) is 17.4 Å². The second-order valence-corrected chi connectivity index (χ2v) is 6.04. The first kappa shape index (κ1) is 17.8. The number of hydrogen-bond acceptors (Lipinski definition) is 7. The molecule has 7 nitrogen and oxygen atoms in total. The monoisotopic (exact) mass is 371 g/mol. The number of methoxy groups -OCH3 is 1. The van der Waals surface area contributed by atoms with Crippen molar-refractivity contribution in [1.29, 1.82) is 0 Å². The van der Waals surface area contributed by atoms with Gasteiger partial charge >= 0.3 is 6.01 Å². The molecule has 0 atom stereocenters. The topological polar surface area (TPSA) is 86.5 Å². The third-order valence-corrected chi connectivity index (χ3v) is 4.14. The number of hydrogen-bond donors (Lipinski definition) is 1. The lowest BCUT2D eigenvalue weighted by Crippen LogP contribution is -2.20. The van der Waals surface area contributed by atoms with Gasteiger partial charge in [-0.1, -0.05) is 11.2 Å². The van der Waals surface area contributed by atoms with E-state index in [-0.39, 0.29) is 12.6 Å². The van der Waals surface area contributed by atoms with Crippen LogP contribution >= 0.6 is 11.8 Å². The van der Waals surface area contributed by atoms with Gasteiger partial charge in [0.15, 0.2) is 6.61 Å². The van der Waals surface area contributed by atoms with Crippen molar-refractivity contribution in [2.45, 2.75) is 4.90 Å². The van der Waals surface area contributed by atoms with Crippen LogP contribution in [0.3, 0.4) is 0 Å². The fraction of sp³-hybridized carbons (Fsp3) is 0.167. The lowest BCUT2D eigenvalue weighted by molar-refractivity contribution is -0.118. The van der Waals surface area contributed by atoms with Crippen molar-refractivity contribution in [2.24, 2.45) is 0 Å². The quantitative estimate of drug-likeness (QED) is 0.636. The van der Waals surface area contributed by atoms with Crippen molar-refractivity contribution in [2.75, 3.05) is 25.3 Å². The van der Waals surface area contributed by atoms with Crippen molar-refractivity contribution < 1.29 is 18.7 Å². The number of anilines is 1. The standard InChI is InChI=1S/C18H17N3O4S/c1-23-13-6-8-14(9-7-13)24-11-16(22)19-18-21-20-17(25-18)12-4-3-5-15(10-12)26-2/h3-10H,11H2,1-2H3,(H,19,21,22). The van der Waals surface area contributed by atoms with Crippen LogP contribution in [0, 0.1) is 0 Å². The number of carbonyl (C=O) groups is 1. The summed E-state index contributed by atoms with van der Waals surface area (Å²) in [5, 5.41) is 10.3. The Kier molecular flexibility index (Phi) is 5.75. The van der Waals surface area contributed by atoms with Crippen LogP contribution in [0.25, 0.3) is 11.5 Å². The average Bonchev–Trinajstić information content (AvgIpc) is 3.15. The highest BCUT2D eigenvalue weighted by atomic mass is 32.2. The van der Waals surface area contributed by atoms with Crippen LogP contribution < -0.4 is 14.8 Å². The summed E-state index contributed by atoms with van der Waals surface area (Å²) in [6, 6.07) is 14.7. The van der Waals surface area contributed by atoms with E-state index in [1.54, 1.807) is 43.1 Å². The Balaban J connectivity index is 1.56. The number of ether oxygens (including phenoxy) is 2. The van der Waals surface area contributed by atoms with Crippen LogP contribution in [0.4, 0.5) is 6.01 Å². The maximum absolute atomic E-state index is 12.0. The van der Waals surface area contributed by atoms with Crippen molar-refractivity contribution in [3.63, 3.8) is 0 Å². The van der Waals surface area contributed by atoms with Crippen molar-refractivity contribution in [3.8, 4) is 23.0 Å². The van der Waals surface area contributed by atoms with Crippen LogP contribution in [-0.4, -0.2) is 36.1 Å². The molecule has 0 spiro atoms. The Morgan fingerprint density at radius 2 is 1.92 bits per heavy atom. The zero-order valence-corrected chi connectivity index (χ0v) is 15.1. The normalized spacial score (nSPS) is 10.4. The van der Waals surface area contributed by atoms with Crippen molar-refractivity contribution in [3.05, 3.63) is 48.5 Å². The number of nitrogens with one attached hydrogen (secondary N) is 1. The predicted octanol–water partition coefficient (Wildman–Crippen LogP) is 3.48. The maximum atomic E-state index is 12.0. The third kappa shape index (κ3) is 4.54. The minimum Gasteiger partial charge on any atom is -0.497 e. The van der Waals surface area contributed by atoms with Gasteiger partial charge in [-0.05, 0) is 48.7 Å². The van der Waals surface area contributed by atoms with E-state index in [2.05, 4.69) is 15.5 Å². The Bertz CT molecular complexity index is 880. The molecule has 2 aromatic carbocycles. The number of nitrogens with zero attached hydrogens (tertiary/aromatic N) is 2. The van der Waals surface area contributed by atoms with Gasteiger partial charge in [0, 0.05) is 10.5 Å². The molecule has 0 fully saturated rings. The minimum absolute atomic E-state index is 0.0258. The molecule has 1 heterocycles. The summed E-state index contributed by atoms with van der Waals surface area (Å²) < 4.78 is 16.0. The van der Waals surface area contributed by atoms with Crippen molar-refractivity contribution in [1.82, 2.24) is 10.2 Å². The van der Waals surface area contributed by atoms with Gasteiger partial charge in [-0.2, -0.15) is 0 Å². The van der Waals surface area contributed by atoms with Gasteiger partial charge in [0.05, 0.1) is 7.11 Å². The predicted molar refractivity (Wildman–Crippen MR) is 98.6 cm³/mol. The van der Waals surface area contributed by atoms with Gasteiger partial charge in [-0.3, -0.25) is 10.1 Å². The fourth-order valence-electron chi connectivity index (χ4n) is 2.12. The summed E-state index contributed by atoms with van der Waals surface area (Å²) in [7, 11) is 1.58. The summed E-state index contributed by atoms with van der Waals surface area (Å²) in [6.45, 7) is -0.175. The Morgan fingerprint density at radius 1 is 1.15 bits per heavy atom. The molecule has 1 N–H and O–H groups in total. The molecule has 8 heteroatoms. The molecule has 0 saturated heterocycles. The van der Waals surface area contributed by atoms with Crippen LogP contribution in [0.15, 0.2) is 57.8 Å². The molecule has 134 valence electrons. The van der Waals surface area contributed by atoms with E-state index in [9.17, 15) is 4.79 Å². The Labute approximate surface area is 154 Å². The Morgan fingerprint density at radius 3 is 2.65 bits per heavy atom. The van der Waals surface area contributed by atoms with Crippen LogP contribution in [0.2, 0.25) is 0 Å². The smallest absolute Gasteiger partial charge is 0.322 e. The summed E-state index contributed by atoms with van der Waals surface area (Å²) in [5.74, 6) is 1.22. The molecule has 3 aromatic rings. The molecule has 1 amide bonds. The zero-order chi connectivity index (χ0) is 18.4. The van der Waals surface area contributed by atoms with Gasteiger partial charge in [0.1, 0.15) is 11.5 Å². The molecular weight excluding hydrogens is 354 g/mol. The molecule has 0 saturated carbocycles. The number of amides is 1. The van der Waals surface area contributed by atoms with E-state index < -0.39 is 5.91 Å². The molecule has 0 radical (unpaired) electrons. The lowest BCUT2D eigenvalue weighted by atomic mass is 10.2. The molecule has 1 aromatic heterocycles. The van der Waals surface area contributed by atoms with Crippen LogP contribution in [0.1, 0.15) is 0 Å². The van der Waals surface area contributed by atoms with E-state index in [0.717, 1.165) is 10.5 Å². The SMILES string of the molecule is COc1ccc(OCC(=O)Nc2nnc(-c3cccc(SC)c3)o2)cc1. The summed E-state index contributed by atoms with van der Waals surface area (Å²) >= 11 is 1.62. The summed E-state index contributed by atoms with van der Waals surface area (Å²) in [5.41, 5.74) is 0.791. The van der Waals surface area contributed by atoms with E-state index in [1.165, 1.54) is 0 Å². The van der Waals surface area contributed by atoms with E-state index >= 15 is 0 Å². The average molecular weight is 371 g/mol. The van der Waals surface area contributed by atoms with E-state index in [1.807, 2.05) is 30.5 Å². The van der Waals surface area contributed by atoms with Gasteiger partial charge in [-0.25, -0.2) is 0 Å². The first-order valence-electron chi connectivity index (χ1n) is 7.72. The molecule has 0 aliphatic rings. The van der Waals surface area contributed by atoms with Gasteiger partial charge in [-0.15, -0.1) is 16.9 Å². The highest BCUT2D eigenvalue weighted by molar-refractivity contribution is 7.98. The molecule has 0 aliphatic heterocycles. The fourth-order valence-corrected chi connectivity index (χ4v) is 2.58. The van der Waals surface area contributed by atoms with Gasteiger partial charge in [0.2, 0.25) is 5.89 Å². The molecule has 26 heavy (non-hydrogen) atoms. The molecular formula is C18H17N3O4S. The molecule has 0 aliphatic carbocycles. The minimum atomic E-state index is -0.395. The molecule has 0 unspecified atom stereocenters. The molecule has 0 bridgehead atoms. The molecule has 3 rings (SSSR count). The van der Waals surface area contributed by atoms with Crippen molar-refractivity contribution >= 4 is 23.7 Å². The van der Waals surface area contributed by atoms with E-state index in [4.69, 9.17) is 13.9 Å². The number of carbonyl (C=O) groups excluding carboxylic acids is 1. The number of rotatable bonds is 7. The summed E-state index contributed by atoms with van der Waals surface area (Å²) in [4.78, 5) is 13.0.